The van der Waals surface area contributed by atoms with Crippen LogP contribution in [0.25, 0.3) is 0 Å². The molecule has 120 valence electrons. The number of hydrazone groups is 1. The predicted octanol–water partition coefficient (Wildman–Crippen LogP) is 0.120. The van der Waals surface area contributed by atoms with Gasteiger partial charge < -0.3 is 4.90 Å². The van der Waals surface area contributed by atoms with Crippen LogP contribution in [0, 0.1) is 6.92 Å². The maximum atomic E-state index is 11.5. The summed E-state index contributed by atoms with van der Waals surface area (Å²) in [6, 6.07) is 10.6. The summed E-state index contributed by atoms with van der Waals surface area (Å²) in [5.74, 6) is 0.284. The van der Waals surface area contributed by atoms with E-state index in [0.717, 1.165) is 38.2 Å². The van der Waals surface area contributed by atoms with Gasteiger partial charge >= 0.3 is 0 Å². The largest absolute Gasteiger partial charge is 0.331 e. The molecule has 0 radical (unpaired) electrons. The number of hydrogen-bond acceptors (Lipinski definition) is 5. The number of benzene rings is 1. The molecule has 3 rings (SSSR count). The molecule has 1 saturated heterocycles. The smallest absolute Gasteiger partial charge is 0.274 e. The van der Waals surface area contributed by atoms with Gasteiger partial charge in [0.05, 0.1) is 13.1 Å². The summed E-state index contributed by atoms with van der Waals surface area (Å²) in [6.07, 6.45) is 1.89. The lowest BCUT2D eigenvalue weighted by Crippen LogP contribution is -3.11. The molecule has 1 aromatic carbocycles. The Morgan fingerprint density at radius 1 is 1.22 bits per heavy atom. The molecule has 23 heavy (non-hydrogen) atoms. The van der Waals surface area contributed by atoms with Crippen molar-refractivity contribution in [1.82, 2.24) is 15.2 Å². The van der Waals surface area contributed by atoms with Gasteiger partial charge in [0, 0.05) is 24.1 Å². The van der Waals surface area contributed by atoms with Gasteiger partial charge in [-0.05, 0) is 6.92 Å². The molecule has 0 aliphatic carbocycles. The topological polar surface area (TPSA) is 87.5 Å². The second-order valence-corrected chi connectivity index (χ2v) is 5.79. The van der Waals surface area contributed by atoms with Crippen LogP contribution in [0.15, 0.2) is 40.2 Å². The van der Waals surface area contributed by atoms with Gasteiger partial charge in [-0.3, -0.25) is 9.78 Å². The molecule has 7 heteroatoms. The van der Waals surface area contributed by atoms with Crippen LogP contribution in [0.1, 0.15) is 24.1 Å². The second kappa shape index (κ2) is 7.15. The van der Waals surface area contributed by atoms with Crippen LogP contribution < -0.4 is 15.9 Å². The minimum absolute atomic E-state index is 0.246. The molecule has 1 aliphatic heterocycles. The average Bonchev–Trinajstić information content (AvgIpc) is 2.58. The summed E-state index contributed by atoms with van der Waals surface area (Å²) in [5, 5.41) is 12.0. The molecule has 3 N–H and O–H groups in total. The molecule has 1 aromatic heterocycles. The van der Waals surface area contributed by atoms with Gasteiger partial charge in [0.25, 0.3) is 5.56 Å². The van der Waals surface area contributed by atoms with Crippen molar-refractivity contribution in [2.45, 2.75) is 26.3 Å². The van der Waals surface area contributed by atoms with Gasteiger partial charge in [-0.2, -0.15) is 5.10 Å². The molecule has 0 atom stereocenters. The summed E-state index contributed by atoms with van der Waals surface area (Å²) in [5.41, 5.74) is 5.37. The number of quaternary nitrogens is 1. The van der Waals surface area contributed by atoms with E-state index in [-0.39, 0.29) is 11.5 Å². The Labute approximate surface area is 134 Å². The van der Waals surface area contributed by atoms with E-state index >= 15 is 0 Å². The molecule has 0 saturated carbocycles. The lowest BCUT2D eigenvalue weighted by Gasteiger charge is -2.24. The number of aromatic nitrogens is 3. The standard InChI is InChI=1S/C16H20N6O/c1-12-15(23)17-16(20-18-12)21-19-14-7-9-22(10-8-14)11-13-5-3-2-4-6-13/h2-6H,7-11H2,1H3,(H2,17,20,21,23)/p+1. The van der Waals surface area contributed by atoms with Crippen LogP contribution in [0.3, 0.4) is 0 Å². The van der Waals surface area contributed by atoms with Crippen LogP contribution in [-0.4, -0.2) is 34.0 Å². The van der Waals surface area contributed by atoms with E-state index < -0.39 is 0 Å². The Kier molecular flexibility index (Phi) is 4.77. The summed E-state index contributed by atoms with van der Waals surface area (Å²) >= 11 is 0. The summed E-state index contributed by atoms with van der Waals surface area (Å²) in [4.78, 5) is 15.6. The minimum atomic E-state index is -0.246. The van der Waals surface area contributed by atoms with E-state index in [1.165, 1.54) is 5.56 Å². The maximum absolute atomic E-state index is 11.5. The normalized spacial score (nSPS) is 17.8. The third kappa shape index (κ3) is 4.23. The fourth-order valence-corrected chi connectivity index (χ4v) is 2.64. The molecule has 1 aliphatic rings. The zero-order valence-corrected chi connectivity index (χ0v) is 13.2. The monoisotopic (exact) mass is 313 g/mol. The molecule has 2 heterocycles. The predicted molar refractivity (Wildman–Crippen MR) is 88.5 cm³/mol. The summed E-state index contributed by atoms with van der Waals surface area (Å²) in [6.45, 7) is 4.79. The number of H-pyrrole nitrogens is 1. The highest BCUT2D eigenvalue weighted by molar-refractivity contribution is 5.85. The van der Waals surface area contributed by atoms with Gasteiger partial charge in [-0.25, -0.2) is 5.43 Å². The number of aryl methyl sites for hydroxylation is 1. The van der Waals surface area contributed by atoms with Crippen molar-refractivity contribution in [2.75, 3.05) is 18.5 Å². The van der Waals surface area contributed by atoms with E-state index in [2.05, 4.69) is 50.0 Å². The number of hydrogen-bond donors (Lipinski definition) is 3. The number of nitrogens with zero attached hydrogens (tertiary/aromatic N) is 3. The van der Waals surface area contributed by atoms with Crippen LogP contribution >= 0.6 is 0 Å². The van der Waals surface area contributed by atoms with Gasteiger partial charge in [0.15, 0.2) is 0 Å². The maximum Gasteiger partial charge on any atom is 0.274 e. The molecule has 2 aromatic rings. The van der Waals surface area contributed by atoms with Crippen LogP contribution in [-0.2, 0) is 6.54 Å². The Hall–Kier alpha value is -2.54. The fraction of sp³-hybridized carbons (Fsp3) is 0.375. The van der Waals surface area contributed by atoms with E-state index in [4.69, 9.17) is 0 Å². The number of anilines is 1. The van der Waals surface area contributed by atoms with Crippen LogP contribution in [0.5, 0.6) is 0 Å². The molecule has 7 nitrogen and oxygen atoms in total. The molecular weight excluding hydrogens is 292 g/mol. The first kappa shape index (κ1) is 15.4. The third-order valence-electron chi connectivity index (χ3n) is 4.01. The molecular formula is C16H21N6O+. The minimum Gasteiger partial charge on any atom is -0.331 e. The Bertz CT molecular complexity index is 730. The van der Waals surface area contributed by atoms with Crippen molar-refractivity contribution in [3.8, 4) is 0 Å². The summed E-state index contributed by atoms with van der Waals surface area (Å²) in [7, 11) is 0. The summed E-state index contributed by atoms with van der Waals surface area (Å²) < 4.78 is 0. The van der Waals surface area contributed by atoms with Gasteiger partial charge in [-0.15, -0.1) is 10.2 Å². The van der Waals surface area contributed by atoms with E-state index in [0.29, 0.717) is 5.69 Å². The van der Waals surface area contributed by atoms with Gasteiger partial charge in [0.1, 0.15) is 12.2 Å². The van der Waals surface area contributed by atoms with Gasteiger partial charge in [0.2, 0.25) is 5.95 Å². The van der Waals surface area contributed by atoms with Gasteiger partial charge in [-0.1, -0.05) is 30.3 Å². The molecule has 0 amide bonds. The van der Waals surface area contributed by atoms with Crippen LogP contribution in [0.2, 0.25) is 0 Å². The van der Waals surface area contributed by atoms with E-state index in [1.807, 2.05) is 6.07 Å². The fourth-order valence-electron chi connectivity index (χ4n) is 2.64. The highest BCUT2D eigenvalue weighted by Gasteiger charge is 2.18. The number of piperidine rings is 1. The lowest BCUT2D eigenvalue weighted by molar-refractivity contribution is -0.914. The van der Waals surface area contributed by atoms with E-state index in [1.54, 1.807) is 11.8 Å². The number of likely N-dealkylation sites (tertiary alicyclic amines) is 1. The zero-order chi connectivity index (χ0) is 16.1. The Morgan fingerprint density at radius 3 is 2.65 bits per heavy atom. The molecule has 0 unspecified atom stereocenters. The quantitative estimate of drug-likeness (QED) is 0.700. The number of aromatic amines is 1. The highest BCUT2D eigenvalue weighted by Crippen LogP contribution is 2.00. The Morgan fingerprint density at radius 2 is 1.96 bits per heavy atom. The van der Waals surface area contributed by atoms with Crippen molar-refractivity contribution >= 4 is 11.7 Å². The first-order valence-corrected chi connectivity index (χ1v) is 7.83. The Balaban J connectivity index is 1.52. The third-order valence-corrected chi connectivity index (χ3v) is 4.01. The van der Waals surface area contributed by atoms with Crippen molar-refractivity contribution in [3.05, 3.63) is 51.9 Å². The highest BCUT2D eigenvalue weighted by atomic mass is 16.1. The average molecular weight is 313 g/mol. The van der Waals surface area contributed by atoms with Crippen LogP contribution in [0.4, 0.5) is 5.95 Å². The van der Waals surface area contributed by atoms with Crippen molar-refractivity contribution in [2.24, 2.45) is 5.10 Å². The van der Waals surface area contributed by atoms with Crippen molar-refractivity contribution in [3.63, 3.8) is 0 Å². The zero-order valence-electron chi connectivity index (χ0n) is 13.2. The number of rotatable bonds is 4. The van der Waals surface area contributed by atoms with Crippen molar-refractivity contribution < 1.29 is 4.90 Å². The molecule has 1 fully saturated rings. The second-order valence-electron chi connectivity index (χ2n) is 5.79. The molecule has 0 spiro atoms. The first-order chi connectivity index (χ1) is 11.2. The lowest BCUT2D eigenvalue weighted by atomic mass is 10.1. The number of nitrogens with one attached hydrogen (secondary N) is 3. The molecule has 0 bridgehead atoms. The van der Waals surface area contributed by atoms with E-state index in [9.17, 15) is 4.79 Å². The van der Waals surface area contributed by atoms with Crippen molar-refractivity contribution in [1.29, 1.82) is 0 Å². The SMILES string of the molecule is Cc1nnc(NN=C2CC[NH+](Cc3ccccc3)CC2)[nH]c1=O. The first-order valence-electron chi connectivity index (χ1n) is 7.83.